The molecule has 1 aliphatic rings. The quantitative estimate of drug-likeness (QED) is 0.0450. The number of ether oxygens (including phenoxy) is 2. The number of carbonyl (C=O) groups excluding carboxylic acids is 6. The Kier molecular flexibility index (Phi) is 22.4. The van der Waals surface area contributed by atoms with Crippen LogP contribution < -0.4 is 27.0 Å². The van der Waals surface area contributed by atoms with Crippen molar-refractivity contribution in [3.8, 4) is 0 Å². The first-order chi connectivity index (χ1) is 29.7. The number of aromatic nitrogens is 2. The molecule has 1 aromatic rings. The van der Waals surface area contributed by atoms with E-state index in [1.54, 1.807) is 4.57 Å². The van der Waals surface area contributed by atoms with Gasteiger partial charge in [0.05, 0.1) is 62.6 Å². The van der Waals surface area contributed by atoms with Gasteiger partial charge in [0.2, 0.25) is 35.4 Å². The topological polar surface area (TPSA) is 344 Å². The Balaban J connectivity index is 2.35. The van der Waals surface area contributed by atoms with E-state index in [0.717, 1.165) is 6.92 Å². The first-order valence-corrected chi connectivity index (χ1v) is 22.9. The Hall–Kier alpha value is -4.06. The number of likely N-dealkylation sites (tertiary alicyclic amines) is 1. The molecule has 0 radical (unpaired) electrons. The summed E-state index contributed by atoms with van der Waals surface area (Å²) in [4.78, 5) is 105. The maximum absolute atomic E-state index is 14.2. The number of hydrogen-bond donors (Lipinski definition) is 10. The smallest absolute Gasteiger partial charge is 0.394 e. The molecule has 0 aliphatic carbocycles. The lowest BCUT2D eigenvalue weighted by atomic mass is 9.98. The van der Waals surface area contributed by atoms with Gasteiger partial charge in [-0.2, -0.15) is 0 Å². The third-order valence-electron chi connectivity index (χ3n) is 10.1. The fourth-order valence-electron chi connectivity index (χ4n) is 6.67. The van der Waals surface area contributed by atoms with Gasteiger partial charge < -0.3 is 71.0 Å². The molecule has 1 fully saturated rings. The molecule has 0 spiro atoms. The van der Waals surface area contributed by atoms with Crippen molar-refractivity contribution in [2.75, 3.05) is 33.0 Å². The number of phosphoric acid groups is 1. The SMILES string of the molecule is CC(C)C[C@H](NC(=O)[C@@H]1CCCCN1C(=O)CCOC(C)(C)COC(C)(C)C)C(=O)N[C@@H](Cc1cncn1CC[C@H](O)CO)C(=O)N[C@@H](CO)C(=O)N[C@H](C(N)=O)[C@@H](C)OP(=O)(O)O. The van der Waals surface area contributed by atoms with Crippen LogP contribution >= 0.6 is 7.82 Å². The largest absolute Gasteiger partial charge is 0.469 e. The molecule has 6 amide bonds. The molecule has 1 saturated heterocycles. The molecule has 24 heteroatoms. The van der Waals surface area contributed by atoms with Gasteiger partial charge in [0.25, 0.3) is 0 Å². The van der Waals surface area contributed by atoms with E-state index in [4.69, 9.17) is 15.2 Å². The maximum atomic E-state index is 14.2. The van der Waals surface area contributed by atoms with Crippen LogP contribution in [0.25, 0.3) is 0 Å². The molecule has 64 heavy (non-hydrogen) atoms. The molecule has 0 bridgehead atoms. The van der Waals surface area contributed by atoms with Crippen molar-refractivity contribution in [2.45, 2.75) is 160 Å². The predicted molar refractivity (Wildman–Crippen MR) is 229 cm³/mol. The van der Waals surface area contributed by atoms with E-state index in [1.165, 1.54) is 17.4 Å². The zero-order valence-corrected chi connectivity index (χ0v) is 39.0. The summed E-state index contributed by atoms with van der Waals surface area (Å²) < 4.78 is 29.3. The minimum absolute atomic E-state index is 0.00121. The molecule has 0 saturated carbocycles. The van der Waals surface area contributed by atoms with Gasteiger partial charge >= 0.3 is 7.82 Å². The van der Waals surface area contributed by atoms with Gasteiger partial charge in [-0.1, -0.05) is 13.8 Å². The van der Waals surface area contributed by atoms with Gasteiger partial charge in [-0.25, -0.2) is 9.55 Å². The molecule has 0 unspecified atom stereocenters. The Bertz CT molecular complexity index is 1750. The predicted octanol–water partition coefficient (Wildman–Crippen LogP) is -1.49. The fourth-order valence-corrected chi connectivity index (χ4v) is 7.23. The van der Waals surface area contributed by atoms with Crippen LogP contribution in [0.2, 0.25) is 0 Å². The van der Waals surface area contributed by atoms with Crippen molar-refractivity contribution in [1.29, 1.82) is 0 Å². The Morgan fingerprint density at radius 3 is 2.11 bits per heavy atom. The second-order valence-electron chi connectivity index (χ2n) is 18.0. The second-order valence-corrected chi connectivity index (χ2v) is 19.1. The van der Waals surface area contributed by atoms with Crippen molar-refractivity contribution in [3.63, 3.8) is 0 Å². The number of primary amides is 1. The first kappa shape index (κ1) is 56.1. The maximum Gasteiger partial charge on any atom is 0.469 e. The Morgan fingerprint density at radius 2 is 1.53 bits per heavy atom. The van der Waals surface area contributed by atoms with Crippen LogP contribution in [0.5, 0.6) is 0 Å². The molecule has 1 aromatic heterocycles. The fraction of sp³-hybridized carbons (Fsp3) is 0.775. The van der Waals surface area contributed by atoms with Gasteiger partial charge in [-0.15, -0.1) is 0 Å². The number of phosphoric ester groups is 1. The summed E-state index contributed by atoms with van der Waals surface area (Å²) in [6, 6.07) is -7.25. The summed E-state index contributed by atoms with van der Waals surface area (Å²) in [5.41, 5.74) is 4.64. The molecule has 1 aliphatic heterocycles. The van der Waals surface area contributed by atoms with E-state index >= 15 is 0 Å². The number of nitrogens with zero attached hydrogens (tertiary/aromatic N) is 3. The number of aliphatic hydroxyl groups excluding tert-OH is 3. The summed E-state index contributed by atoms with van der Waals surface area (Å²) in [5.74, 6) is -5.30. The highest BCUT2D eigenvalue weighted by Crippen LogP contribution is 2.38. The monoisotopic (exact) mass is 934 g/mol. The molecule has 7 atom stereocenters. The lowest BCUT2D eigenvalue weighted by Gasteiger charge is -2.36. The standard InChI is InChI=1S/C40H71N8O15P/c1-24(2)17-28(44-38(57)31-11-9-10-14-48(31)32(52)13-16-61-40(7,8)22-62-39(4,5)6)35(54)43-29(18-26-19-42-23-47(26)15-12-27(51)20-49)36(55)45-30(21-50)37(56)46-33(34(41)53)25(3)63-64(58,59)60/h19,23-25,27-31,33,49-51H,9-18,20-22H2,1-8H3,(H2,41,53)(H,43,54)(H,44,57)(H,45,55)(H,46,56)(H2,58,59,60)/t25-,27+,28+,29+,30+,31+,33+/m1/s1. The van der Waals surface area contributed by atoms with Crippen LogP contribution in [0.4, 0.5) is 0 Å². The van der Waals surface area contributed by atoms with E-state index in [-0.39, 0.29) is 56.3 Å². The Morgan fingerprint density at radius 1 is 0.906 bits per heavy atom. The van der Waals surface area contributed by atoms with Crippen molar-refractivity contribution in [2.24, 2.45) is 11.7 Å². The Labute approximate surface area is 374 Å². The summed E-state index contributed by atoms with van der Waals surface area (Å²) in [5, 5.41) is 39.3. The van der Waals surface area contributed by atoms with Gasteiger partial charge in [0.1, 0.15) is 30.2 Å². The minimum Gasteiger partial charge on any atom is -0.394 e. The number of nitrogens with two attached hydrogens (primary N) is 1. The van der Waals surface area contributed by atoms with Gasteiger partial charge in [-0.3, -0.25) is 33.3 Å². The number of imidazole rings is 1. The molecule has 0 aromatic carbocycles. The molecule has 11 N–H and O–H groups in total. The molecule has 2 rings (SSSR count). The van der Waals surface area contributed by atoms with Crippen molar-refractivity contribution in [3.05, 3.63) is 18.2 Å². The number of carbonyl (C=O) groups is 6. The first-order valence-electron chi connectivity index (χ1n) is 21.4. The van der Waals surface area contributed by atoms with Crippen molar-refractivity contribution < 1.29 is 72.4 Å². The molecular weight excluding hydrogens is 863 g/mol. The highest BCUT2D eigenvalue weighted by molar-refractivity contribution is 7.46. The minimum atomic E-state index is -5.15. The number of hydrogen-bond acceptors (Lipinski definition) is 14. The number of aliphatic hydroxyl groups is 3. The van der Waals surface area contributed by atoms with Crippen LogP contribution in [-0.4, -0.2) is 162 Å². The normalized spacial score (nSPS) is 17.7. The van der Waals surface area contributed by atoms with Crippen molar-refractivity contribution >= 4 is 43.3 Å². The molecule has 2 heterocycles. The zero-order chi connectivity index (χ0) is 48.6. The highest BCUT2D eigenvalue weighted by atomic mass is 31.2. The summed E-state index contributed by atoms with van der Waals surface area (Å²) in [7, 11) is -5.15. The van der Waals surface area contributed by atoms with Crippen LogP contribution in [0.15, 0.2) is 12.5 Å². The molecule has 366 valence electrons. The third kappa shape index (κ3) is 20.0. The van der Waals surface area contributed by atoms with Gasteiger partial charge in [-0.05, 0) is 79.6 Å². The summed E-state index contributed by atoms with van der Waals surface area (Å²) in [6.45, 7) is 13.5. The zero-order valence-electron chi connectivity index (χ0n) is 38.2. The summed E-state index contributed by atoms with van der Waals surface area (Å²) >= 11 is 0. The molecular formula is C40H71N8O15P. The van der Waals surface area contributed by atoms with E-state index in [2.05, 4.69) is 30.8 Å². The number of piperidine rings is 1. The van der Waals surface area contributed by atoms with E-state index in [1.807, 2.05) is 48.5 Å². The lowest BCUT2D eigenvalue weighted by molar-refractivity contribution is -0.147. The van der Waals surface area contributed by atoms with Crippen molar-refractivity contribution in [1.82, 2.24) is 35.7 Å². The van der Waals surface area contributed by atoms with Gasteiger partial charge in [0, 0.05) is 31.4 Å². The third-order valence-corrected chi connectivity index (χ3v) is 10.7. The average molecular weight is 935 g/mol. The highest BCUT2D eigenvalue weighted by Gasteiger charge is 2.37. The van der Waals surface area contributed by atoms with Crippen LogP contribution in [0.1, 0.15) is 99.6 Å². The number of rotatable bonds is 27. The number of amides is 6. The van der Waals surface area contributed by atoms with Crippen LogP contribution in [0, 0.1) is 5.92 Å². The van der Waals surface area contributed by atoms with Gasteiger partial charge in [0.15, 0.2) is 0 Å². The number of nitrogens with one attached hydrogen (secondary N) is 4. The molecule has 23 nitrogen and oxygen atoms in total. The average Bonchev–Trinajstić information content (AvgIpc) is 3.64. The number of aryl methyl sites for hydroxylation is 1. The second kappa shape index (κ2) is 25.6. The van der Waals surface area contributed by atoms with Crippen LogP contribution in [-0.2, 0) is 60.3 Å². The summed E-state index contributed by atoms with van der Waals surface area (Å²) in [6.07, 6.45) is 1.66. The van der Waals surface area contributed by atoms with E-state index in [9.17, 15) is 58.4 Å². The van der Waals surface area contributed by atoms with E-state index < -0.39 is 98.6 Å². The lowest BCUT2D eigenvalue weighted by Crippen LogP contribution is -2.61. The van der Waals surface area contributed by atoms with E-state index in [0.29, 0.717) is 38.1 Å². The van der Waals surface area contributed by atoms with Crippen LogP contribution in [0.3, 0.4) is 0 Å².